The van der Waals surface area contributed by atoms with Crippen LogP contribution in [-0.2, 0) is 67.2 Å². The van der Waals surface area contributed by atoms with Crippen LogP contribution in [-0.4, -0.2) is 112 Å². The minimum absolute atomic E-state index is 0.446. The van der Waals surface area contributed by atoms with E-state index in [-0.39, 0.29) is 0 Å². The molecule has 52 heavy (non-hydrogen) atoms. The molecule has 0 atom stereocenters. The Morgan fingerprint density at radius 2 is 0.846 bits per heavy atom. The number of methoxy groups -OCH3 is 2. The molecule has 4 aromatic rings. The Labute approximate surface area is 307 Å². The van der Waals surface area contributed by atoms with E-state index < -0.39 is 24.0 Å². The summed E-state index contributed by atoms with van der Waals surface area (Å²) < 4.78 is 37.2. The highest BCUT2D eigenvalue weighted by Crippen LogP contribution is 2.46. The number of ether oxygens (including phenoxy) is 6. The van der Waals surface area contributed by atoms with Gasteiger partial charge in [0.1, 0.15) is 0 Å². The third-order valence-electron chi connectivity index (χ3n) is 9.67. The van der Waals surface area contributed by atoms with E-state index in [1.54, 1.807) is 39.0 Å². The number of hydrogen-bond acceptors (Lipinski definition) is 10. The molecule has 4 heterocycles. The second-order valence-electron chi connectivity index (χ2n) is 12.9. The monoisotopic (exact) mass is 718 g/mol. The van der Waals surface area contributed by atoms with Crippen LogP contribution in [0, 0.1) is 0 Å². The van der Waals surface area contributed by atoms with Crippen molar-refractivity contribution in [1.29, 1.82) is 0 Å². The fourth-order valence-electron chi connectivity index (χ4n) is 6.85. The van der Waals surface area contributed by atoms with Crippen molar-refractivity contribution in [3.8, 4) is 0 Å². The van der Waals surface area contributed by atoms with Crippen molar-refractivity contribution in [2.24, 2.45) is 0 Å². The maximum Gasteiger partial charge on any atom is 0.0701 e. The van der Waals surface area contributed by atoms with Crippen LogP contribution in [0.3, 0.4) is 0 Å². The molecule has 0 aliphatic heterocycles. The van der Waals surface area contributed by atoms with Crippen molar-refractivity contribution in [3.63, 3.8) is 0 Å². The molecule has 0 saturated heterocycles. The van der Waals surface area contributed by atoms with E-state index in [4.69, 9.17) is 28.4 Å². The second-order valence-corrected chi connectivity index (χ2v) is 12.9. The van der Waals surface area contributed by atoms with Gasteiger partial charge in [0.05, 0.1) is 66.1 Å². The lowest BCUT2D eigenvalue weighted by Crippen LogP contribution is -2.64. The first-order valence-electron chi connectivity index (χ1n) is 18.4. The standard InChI is InChI=1S/C40H54N4O8/c1-47-23-25-51-29-27-49-21-19-43-33(5-3-31-11-15-41-16-12-31)7-9-35(43)37-39(45)38(40(37)46)36-10-8-34(6-4-32-13-17-42-18-14-32)44(36)20-22-50-28-30-52-26-24-48-2/h7-18,37-40H,3-6,19-30H2,1-2H3/q-2. The predicted octanol–water partition coefficient (Wildman–Crippen LogP) is 2.35. The Kier molecular flexibility index (Phi) is 16.8. The number of hydrogen-bond donors (Lipinski definition) is 0. The normalized spacial score (nSPS) is 18.5. The van der Waals surface area contributed by atoms with Gasteiger partial charge in [-0.3, -0.25) is 9.97 Å². The molecule has 12 heteroatoms. The Morgan fingerprint density at radius 3 is 1.23 bits per heavy atom. The number of aryl methyl sites for hydroxylation is 4. The van der Waals surface area contributed by atoms with E-state index in [2.05, 4.69) is 31.2 Å². The molecular weight excluding hydrogens is 664 g/mol. The molecule has 0 unspecified atom stereocenters. The van der Waals surface area contributed by atoms with Crippen molar-refractivity contribution in [2.45, 2.75) is 62.8 Å². The molecule has 1 aliphatic rings. The number of nitrogens with zero attached hydrogens (tertiary/aromatic N) is 4. The van der Waals surface area contributed by atoms with E-state index in [1.807, 2.05) is 36.4 Å². The summed E-state index contributed by atoms with van der Waals surface area (Å²) in [7, 11) is 3.29. The Bertz CT molecular complexity index is 1430. The molecule has 1 saturated carbocycles. The Hall–Kier alpha value is -3.46. The third kappa shape index (κ3) is 11.3. The summed E-state index contributed by atoms with van der Waals surface area (Å²) in [5.41, 5.74) is 6.13. The van der Waals surface area contributed by atoms with Crippen LogP contribution in [0.2, 0.25) is 0 Å². The minimum atomic E-state index is -1.07. The molecule has 12 nitrogen and oxygen atoms in total. The summed E-state index contributed by atoms with van der Waals surface area (Å²) >= 11 is 0. The van der Waals surface area contributed by atoms with Crippen molar-refractivity contribution in [2.75, 3.05) is 80.3 Å². The zero-order chi connectivity index (χ0) is 36.4. The van der Waals surface area contributed by atoms with Gasteiger partial charge in [-0.15, -0.1) is 12.2 Å². The van der Waals surface area contributed by atoms with Crippen LogP contribution in [0.4, 0.5) is 0 Å². The van der Waals surface area contributed by atoms with E-state index in [9.17, 15) is 10.2 Å². The van der Waals surface area contributed by atoms with Crippen LogP contribution >= 0.6 is 0 Å². The smallest absolute Gasteiger partial charge is 0.0701 e. The van der Waals surface area contributed by atoms with Gasteiger partial charge in [-0.1, -0.05) is 0 Å². The molecule has 5 rings (SSSR count). The molecule has 0 bridgehead atoms. The van der Waals surface area contributed by atoms with Gasteiger partial charge in [-0.2, -0.15) is 0 Å². The highest BCUT2D eigenvalue weighted by atomic mass is 16.5. The van der Waals surface area contributed by atoms with E-state index in [0.29, 0.717) is 79.2 Å². The van der Waals surface area contributed by atoms with E-state index >= 15 is 0 Å². The molecule has 0 radical (unpaired) electrons. The summed E-state index contributed by atoms with van der Waals surface area (Å²) in [6, 6.07) is 16.1. The highest BCUT2D eigenvalue weighted by molar-refractivity contribution is 5.34. The first-order chi connectivity index (χ1) is 25.6. The second kappa shape index (κ2) is 21.9. The lowest BCUT2D eigenvalue weighted by molar-refractivity contribution is -0.536. The molecule has 0 aromatic carbocycles. The summed E-state index contributed by atoms with van der Waals surface area (Å²) in [5, 5.41) is 28.4. The number of rotatable bonds is 26. The fourth-order valence-corrected chi connectivity index (χ4v) is 6.85. The van der Waals surface area contributed by atoms with Gasteiger partial charge < -0.3 is 47.8 Å². The quantitative estimate of drug-likeness (QED) is 0.0891. The van der Waals surface area contributed by atoms with Crippen molar-refractivity contribution < 1.29 is 38.6 Å². The van der Waals surface area contributed by atoms with Gasteiger partial charge >= 0.3 is 0 Å². The maximum atomic E-state index is 14.2. The molecule has 0 spiro atoms. The van der Waals surface area contributed by atoms with Gasteiger partial charge in [0.2, 0.25) is 0 Å². The van der Waals surface area contributed by atoms with Crippen molar-refractivity contribution >= 4 is 0 Å². The lowest BCUT2D eigenvalue weighted by atomic mass is 9.66. The predicted molar refractivity (Wildman–Crippen MR) is 192 cm³/mol. The summed E-state index contributed by atoms with van der Waals surface area (Å²) in [5.74, 6) is -1.30. The first-order valence-corrected chi connectivity index (χ1v) is 18.4. The largest absolute Gasteiger partial charge is 0.851 e. The van der Waals surface area contributed by atoms with Crippen LogP contribution in [0.1, 0.15) is 45.7 Å². The van der Waals surface area contributed by atoms with Gasteiger partial charge in [-0.25, -0.2) is 0 Å². The van der Waals surface area contributed by atoms with Crippen LogP contribution in [0.25, 0.3) is 0 Å². The maximum absolute atomic E-state index is 14.2. The van der Waals surface area contributed by atoms with Gasteiger partial charge in [0.15, 0.2) is 0 Å². The van der Waals surface area contributed by atoms with E-state index in [0.717, 1.165) is 48.5 Å². The van der Waals surface area contributed by atoms with Crippen molar-refractivity contribution in [1.82, 2.24) is 19.1 Å². The summed E-state index contributed by atoms with van der Waals surface area (Å²) in [6.07, 6.45) is 8.24. The molecule has 0 amide bonds. The molecular formula is C40H54N4O8-2. The highest BCUT2D eigenvalue weighted by Gasteiger charge is 2.41. The van der Waals surface area contributed by atoms with Gasteiger partial charge in [0.25, 0.3) is 0 Å². The lowest BCUT2D eigenvalue weighted by Gasteiger charge is -2.61. The summed E-state index contributed by atoms with van der Waals surface area (Å²) in [6.45, 7) is 5.98. The molecule has 0 N–H and O–H groups in total. The van der Waals surface area contributed by atoms with Crippen molar-refractivity contribution in [3.05, 3.63) is 107 Å². The Morgan fingerprint density at radius 1 is 0.481 bits per heavy atom. The minimum Gasteiger partial charge on any atom is -0.851 e. The number of aromatic nitrogens is 4. The van der Waals surface area contributed by atoms with Crippen LogP contribution in [0.15, 0.2) is 73.3 Å². The SMILES string of the molecule is COCCOCCOCCn1c(CCc2ccncc2)ccc1C1C([O-])C(c2ccc(CCc3ccncc3)n2CCOCCOCCOC)C1[O-]. The van der Waals surface area contributed by atoms with E-state index in [1.165, 1.54) is 11.1 Å². The zero-order valence-corrected chi connectivity index (χ0v) is 30.6. The van der Waals surface area contributed by atoms with Gasteiger partial charge in [-0.05, 0) is 97.2 Å². The first kappa shape index (κ1) is 39.7. The molecule has 4 aromatic heterocycles. The fraction of sp³-hybridized carbons (Fsp3) is 0.550. The third-order valence-corrected chi connectivity index (χ3v) is 9.67. The van der Waals surface area contributed by atoms with Crippen LogP contribution < -0.4 is 10.2 Å². The summed E-state index contributed by atoms with van der Waals surface area (Å²) in [4.78, 5) is 8.27. The van der Waals surface area contributed by atoms with Crippen LogP contribution in [0.5, 0.6) is 0 Å². The molecule has 284 valence electrons. The zero-order valence-electron chi connectivity index (χ0n) is 30.6. The topological polar surface area (TPSA) is 137 Å². The molecule has 1 aliphatic carbocycles. The molecule has 1 fully saturated rings. The number of pyridine rings is 2. The average Bonchev–Trinajstić information content (AvgIpc) is 3.75. The van der Waals surface area contributed by atoms with Gasteiger partial charge in [0, 0.05) is 74.9 Å². The Balaban J connectivity index is 1.27. The average molecular weight is 719 g/mol.